The van der Waals surface area contributed by atoms with E-state index in [9.17, 15) is 40.6 Å². The van der Waals surface area contributed by atoms with Crippen LogP contribution in [-0.4, -0.2) is 31.3 Å². The molecule has 3 atom stereocenters. The largest absolute Gasteiger partial charge is 0.435 e. The number of carbonyl (C=O) groups is 1. The second-order valence-corrected chi connectivity index (χ2v) is 12.0. The van der Waals surface area contributed by atoms with Gasteiger partial charge in [0.15, 0.2) is 11.5 Å². The predicted molar refractivity (Wildman–Crippen MR) is 140 cm³/mol. The van der Waals surface area contributed by atoms with Gasteiger partial charge in [0.1, 0.15) is 35.2 Å². The van der Waals surface area contributed by atoms with Crippen molar-refractivity contribution in [3.05, 3.63) is 80.3 Å². The van der Waals surface area contributed by atoms with Crippen molar-refractivity contribution in [1.29, 1.82) is 0 Å². The number of aromatic nitrogens is 3. The van der Waals surface area contributed by atoms with Crippen molar-refractivity contribution >= 4 is 21.7 Å². The summed E-state index contributed by atoms with van der Waals surface area (Å²) in [5.41, 5.74) is -3.59. The molecule has 5 nitrogen and oxygen atoms in total. The quantitative estimate of drug-likeness (QED) is 0.228. The van der Waals surface area contributed by atoms with Crippen LogP contribution in [0.4, 0.5) is 30.7 Å². The highest BCUT2D eigenvalue weighted by Gasteiger charge is 2.68. The molecule has 13 heteroatoms. The smallest absolute Gasteiger partial charge is 0.378 e. The van der Waals surface area contributed by atoms with Gasteiger partial charge in [-0.05, 0) is 84.3 Å². The Hall–Kier alpha value is -3.24. The molecule has 0 amide bonds. The molecule has 2 aliphatic rings. The fraction of sp³-hybridized carbons (Fsp3) is 0.414. The summed E-state index contributed by atoms with van der Waals surface area (Å²) in [6.45, 7) is 2.06. The summed E-state index contributed by atoms with van der Waals surface area (Å²) in [4.78, 5) is 17.7. The normalized spacial score (nSPS) is 19.5. The molecule has 1 fully saturated rings. The van der Waals surface area contributed by atoms with Crippen LogP contribution < -0.4 is 0 Å². The van der Waals surface area contributed by atoms with E-state index in [1.165, 1.54) is 19.9 Å². The predicted octanol–water partition coefficient (Wildman–Crippen LogP) is 6.65. The van der Waals surface area contributed by atoms with Gasteiger partial charge in [-0.2, -0.15) is 27.1 Å². The summed E-state index contributed by atoms with van der Waals surface area (Å²) in [7, 11) is 0. The molecule has 0 unspecified atom stereocenters. The molecule has 0 bridgehead atoms. The highest BCUT2D eigenvalue weighted by molar-refractivity contribution is 9.10. The van der Waals surface area contributed by atoms with Crippen molar-refractivity contribution in [3.63, 3.8) is 0 Å². The zero-order valence-corrected chi connectivity index (χ0v) is 23.8. The Kier molecular flexibility index (Phi) is 7.55. The van der Waals surface area contributed by atoms with Crippen LogP contribution in [0.5, 0.6) is 0 Å². The van der Waals surface area contributed by atoms with Gasteiger partial charge in [-0.3, -0.25) is 9.48 Å². The number of pyridine rings is 1. The van der Waals surface area contributed by atoms with Gasteiger partial charge in [0.05, 0.1) is 5.69 Å². The Balaban J connectivity index is 1.49. The van der Waals surface area contributed by atoms with Crippen LogP contribution in [0.1, 0.15) is 72.4 Å². The third-order valence-corrected chi connectivity index (χ3v) is 7.83. The van der Waals surface area contributed by atoms with E-state index in [-0.39, 0.29) is 29.8 Å². The summed E-state index contributed by atoms with van der Waals surface area (Å²) in [5.74, 6) is -3.83. The molecule has 2 heterocycles. The summed E-state index contributed by atoms with van der Waals surface area (Å²) in [6, 6.07) is 5.91. The maximum atomic E-state index is 15.0. The first-order valence-electron chi connectivity index (χ1n) is 12.9. The fourth-order valence-electron chi connectivity index (χ4n) is 5.41. The second kappa shape index (κ2) is 10.5. The van der Waals surface area contributed by atoms with Crippen LogP contribution >= 0.6 is 15.9 Å². The number of aliphatic hydroxyl groups is 1. The van der Waals surface area contributed by atoms with Gasteiger partial charge in [-0.15, -0.1) is 0 Å². The number of nitrogens with zero attached hydrogens (tertiary/aromatic N) is 3. The Labute approximate surface area is 244 Å². The van der Waals surface area contributed by atoms with E-state index in [4.69, 9.17) is 0 Å². The van der Waals surface area contributed by atoms with E-state index in [0.717, 1.165) is 12.1 Å². The minimum Gasteiger partial charge on any atom is -0.378 e. The Bertz CT molecular complexity index is 1610. The van der Waals surface area contributed by atoms with Gasteiger partial charge in [0.2, 0.25) is 0 Å². The lowest BCUT2D eigenvalue weighted by Gasteiger charge is -2.19. The lowest BCUT2D eigenvalue weighted by molar-refractivity contribution is -0.142. The number of ketones is 1. The molecule has 0 saturated heterocycles. The van der Waals surface area contributed by atoms with Crippen LogP contribution in [-0.2, 0) is 29.9 Å². The van der Waals surface area contributed by atoms with E-state index in [0.29, 0.717) is 15.2 Å². The van der Waals surface area contributed by atoms with Crippen molar-refractivity contribution in [2.45, 2.75) is 69.2 Å². The molecule has 5 rings (SSSR count). The summed E-state index contributed by atoms with van der Waals surface area (Å²) >= 11 is 3.35. The van der Waals surface area contributed by atoms with E-state index < -0.39 is 82.8 Å². The van der Waals surface area contributed by atoms with Gasteiger partial charge in [-0.25, -0.2) is 13.8 Å². The minimum atomic E-state index is -4.98. The van der Waals surface area contributed by atoms with Gasteiger partial charge in [0.25, 0.3) is 5.92 Å². The van der Waals surface area contributed by atoms with Crippen molar-refractivity contribution in [2.24, 2.45) is 5.92 Å². The Morgan fingerprint density at radius 2 is 1.86 bits per heavy atom. The number of hydrogen-bond acceptors (Lipinski definition) is 4. The molecule has 0 aliphatic heterocycles. The van der Waals surface area contributed by atoms with Gasteiger partial charge >= 0.3 is 6.18 Å². The van der Waals surface area contributed by atoms with Gasteiger partial charge < -0.3 is 5.11 Å². The van der Waals surface area contributed by atoms with E-state index >= 15 is 0 Å². The summed E-state index contributed by atoms with van der Waals surface area (Å²) < 4.78 is 99.8. The maximum Gasteiger partial charge on any atom is 0.435 e. The third-order valence-electron chi connectivity index (χ3n) is 7.16. The van der Waals surface area contributed by atoms with E-state index in [1.807, 2.05) is 0 Å². The Morgan fingerprint density at radius 1 is 1.19 bits per heavy atom. The SMILES string of the molecule is CC(C)(O)C#Cc1ccc(Br)c([C@@H](CC(=O)Cn2nc(C(F)(F)F)c3c2C(F)(F)[C@@H]2C[C@H]32)Cc2cc(F)cc(F)c2)n1. The molecular formula is C29H23BrF7N3O2. The standard InChI is InChI=1S/C29H23BrF7N3O2/c1-27(2,42)6-5-18-3-4-22(30)24(38-18)15(7-14-8-16(31)11-17(32)9-14)10-19(41)13-40-26-23(25(39-40)29(35,36)37)20-12-21(20)28(26,33)34/h3-4,8-9,11,15,20-21,42H,7,10,12-13H2,1-2H3/t15-,20+,21-/m1/s1. The van der Waals surface area contributed by atoms with Gasteiger partial charge in [0, 0.05) is 34.4 Å². The summed E-state index contributed by atoms with van der Waals surface area (Å²) in [6.07, 6.45) is -5.61. The lowest BCUT2D eigenvalue weighted by atomic mass is 9.90. The zero-order valence-electron chi connectivity index (χ0n) is 22.2. The van der Waals surface area contributed by atoms with E-state index in [1.54, 1.807) is 6.07 Å². The van der Waals surface area contributed by atoms with Crippen molar-refractivity contribution in [3.8, 4) is 11.8 Å². The third kappa shape index (κ3) is 6.10. The fourth-order valence-corrected chi connectivity index (χ4v) is 5.95. The second-order valence-electron chi connectivity index (χ2n) is 11.1. The zero-order chi connectivity index (χ0) is 30.8. The number of benzene rings is 1. The Morgan fingerprint density at radius 3 is 2.48 bits per heavy atom. The number of fused-ring (bicyclic) bond motifs is 3. The molecule has 0 spiro atoms. The number of carbonyl (C=O) groups excluding carboxylic acids is 1. The van der Waals surface area contributed by atoms with E-state index in [2.05, 4.69) is 37.9 Å². The molecule has 3 aromatic rings. The molecular weight excluding hydrogens is 635 g/mol. The van der Waals surface area contributed by atoms with Crippen LogP contribution in [0.2, 0.25) is 0 Å². The number of rotatable bonds is 7. The van der Waals surface area contributed by atoms with Crippen LogP contribution in [0.25, 0.3) is 0 Å². The highest BCUT2D eigenvalue weighted by atomic mass is 79.9. The topological polar surface area (TPSA) is 68.0 Å². The number of Topliss-reactive ketones (excluding diaryl/α,β-unsaturated/α-hetero) is 1. The monoisotopic (exact) mass is 657 g/mol. The lowest BCUT2D eigenvalue weighted by Crippen LogP contribution is -2.24. The van der Waals surface area contributed by atoms with Crippen LogP contribution in [0.15, 0.2) is 34.8 Å². The highest BCUT2D eigenvalue weighted by Crippen LogP contribution is 2.68. The first-order valence-corrected chi connectivity index (χ1v) is 13.7. The number of hydrogen-bond donors (Lipinski definition) is 1. The van der Waals surface area contributed by atoms with Crippen molar-refractivity contribution in [2.75, 3.05) is 0 Å². The molecule has 222 valence electrons. The van der Waals surface area contributed by atoms with Crippen LogP contribution in [0.3, 0.4) is 0 Å². The van der Waals surface area contributed by atoms with Crippen molar-refractivity contribution in [1.82, 2.24) is 14.8 Å². The number of halogens is 8. The van der Waals surface area contributed by atoms with Gasteiger partial charge in [-0.1, -0.05) is 5.92 Å². The molecule has 1 saturated carbocycles. The molecule has 1 N–H and O–H groups in total. The molecule has 0 radical (unpaired) electrons. The maximum absolute atomic E-state index is 15.0. The average Bonchev–Trinajstić information content (AvgIpc) is 3.50. The summed E-state index contributed by atoms with van der Waals surface area (Å²) in [5, 5.41) is 13.3. The van der Waals surface area contributed by atoms with Crippen LogP contribution in [0, 0.1) is 29.4 Å². The van der Waals surface area contributed by atoms with Crippen molar-refractivity contribution < 1.29 is 40.6 Å². The number of alkyl halides is 5. The first kappa shape index (κ1) is 30.2. The molecule has 1 aromatic carbocycles. The first-order chi connectivity index (χ1) is 19.4. The molecule has 2 aromatic heterocycles. The molecule has 2 aliphatic carbocycles. The average molecular weight is 658 g/mol. The minimum absolute atomic E-state index is 0.0820. The molecule has 42 heavy (non-hydrogen) atoms.